The van der Waals surface area contributed by atoms with E-state index in [1.807, 2.05) is 19.9 Å². The number of amides is 1. The van der Waals surface area contributed by atoms with E-state index in [0.717, 1.165) is 41.1 Å². The van der Waals surface area contributed by atoms with Crippen LogP contribution in [0, 0.1) is 13.8 Å². The van der Waals surface area contributed by atoms with Crippen molar-refractivity contribution in [2.45, 2.75) is 32.8 Å². The molecule has 0 spiro atoms. The van der Waals surface area contributed by atoms with Crippen LogP contribution in [0.4, 0.5) is 5.69 Å². The number of aryl methyl sites for hydroxylation is 1. The van der Waals surface area contributed by atoms with Gasteiger partial charge in [0.2, 0.25) is 15.9 Å². The van der Waals surface area contributed by atoms with Crippen molar-refractivity contribution in [1.82, 2.24) is 5.32 Å². The first-order valence-electron chi connectivity index (χ1n) is 7.71. The van der Waals surface area contributed by atoms with Crippen molar-refractivity contribution >= 4 is 21.6 Å². The summed E-state index contributed by atoms with van der Waals surface area (Å²) in [5.74, 6) is -0.327. The minimum atomic E-state index is -3.55. The summed E-state index contributed by atoms with van der Waals surface area (Å²) >= 11 is 0. The zero-order chi connectivity index (χ0) is 17.0. The van der Waals surface area contributed by atoms with Gasteiger partial charge in [-0.3, -0.25) is 9.10 Å². The second-order valence-corrected chi connectivity index (χ2v) is 7.83. The molecule has 0 unspecified atom stereocenters. The molecule has 0 aromatic heterocycles. The Balaban J connectivity index is 2.10. The van der Waals surface area contributed by atoms with Crippen LogP contribution in [0.1, 0.15) is 24.0 Å². The van der Waals surface area contributed by atoms with Gasteiger partial charge in [0.05, 0.1) is 18.0 Å². The molecule has 7 heteroatoms. The second-order valence-electron chi connectivity index (χ2n) is 5.93. The Morgan fingerprint density at radius 1 is 1.39 bits per heavy atom. The van der Waals surface area contributed by atoms with Crippen LogP contribution < -0.4 is 9.62 Å². The van der Waals surface area contributed by atoms with Crippen molar-refractivity contribution in [2.24, 2.45) is 0 Å². The molecule has 1 fully saturated rings. The van der Waals surface area contributed by atoms with Gasteiger partial charge in [-0.15, -0.1) is 0 Å². The Bertz CT molecular complexity index is 667. The van der Waals surface area contributed by atoms with Crippen LogP contribution >= 0.6 is 0 Å². The summed E-state index contributed by atoms with van der Waals surface area (Å²) in [5, 5.41) is 2.76. The molecule has 1 amide bonds. The minimum Gasteiger partial charge on any atom is -0.376 e. The topological polar surface area (TPSA) is 75.7 Å². The summed E-state index contributed by atoms with van der Waals surface area (Å²) in [7, 11) is -3.55. The van der Waals surface area contributed by atoms with Crippen molar-refractivity contribution in [1.29, 1.82) is 0 Å². The number of ether oxygens (including phenoxy) is 1. The summed E-state index contributed by atoms with van der Waals surface area (Å²) in [6.45, 7) is 4.68. The molecule has 1 N–H and O–H groups in total. The van der Waals surface area contributed by atoms with E-state index < -0.39 is 10.0 Å². The fourth-order valence-electron chi connectivity index (χ4n) is 2.61. The maximum Gasteiger partial charge on any atom is 0.240 e. The molecule has 1 aliphatic heterocycles. The van der Waals surface area contributed by atoms with Gasteiger partial charge in [0.15, 0.2) is 0 Å². The van der Waals surface area contributed by atoms with E-state index in [0.29, 0.717) is 12.2 Å². The van der Waals surface area contributed by atoms with Crippen LogP contribution in [0.3, 0.4) is 0 Å². The van der Waals surface area contributed by atoms with Crippen LogP contribution in [-0.4, -0.2) is 46.4 Å². The van der Waals surface area contributed by atoms with Gasteiger partial charge in [0, 0.05) is 13.2 Å². The van der Waals surface area contributed by atoms with Crippen molar-refractivity contribution in [3.63, 3.8) is 0 Å². The van der Waals surface area contributed by atoms with Gasteiger partial charge in [-0.1, -0.05) is 12.1 Å². The third-order valence-electron chi connectivity index (χ3n) is 4.08. The predicted molar refractivity (Wildman–Crippen MR) is 90.1 cm³/mol. The summed E-state index contributed by atoms with van der Waals surface area (Å²) in [4.78, 5) is 12.2. The lowest BCUT2D eigenvalue weighted by Crippen LogP contribution is -2.42. The lowest BCUT2D eigenvalue weighted by Gasteiger charge is -2.24. The van der Waals surface area contributed by atoms with E-state index in [4.69, 9.17) is 4.74 Å². The maximum atomic E-state index is 12.2. The molecule has 0 bridgehead atoms. The molecule has 128 valence electrons. The molecule has 1 aliphatic rings. The number of sulfonamides is 1. The highest BCUT2D eigenvalue weighted by Gasteiger charge is 2.23. The third-order valence-corrected chi connectivity index (χ3v) is 5.21. The monoisotopic (exact) mass is 340 g/mol. The summed E-state index contributed by atoms with van der Waals surface area (Å²) in [6, 6.07) is 5.42. The first kappa shape index (κ1) is 17.7. The Morgan fingerprint density at radius 2 is 2.13 bits per heavy atom. The highest BCUT2D eigenvalue weighted by Crippen LogP contribution is 2.24. The predicted octanol–water partition coefficient (Wildman–Crippen LogP) is 1.36. The zero-order valence-electron chi connectivity index (χ0n) is 13.8. The number of hydrogen-bond acceptors (Lipinski definition) is 4. The van der Waals surface area contributed by atoms with E-state index >= 15 is 0 Å². The molecule has 1 aromatic carbocycles. The molecule has 0 saturated carbocycles. The molecule has 23 heavy (non-hydrogen) atoms. The van der Waals surface area contributed by atoms with Crippen LogP contribution in [0.15, 0.2) is 18.2 Å². The standard InChI is InChI=1S/C16H24N2O4S/c1-12-6-4-8-15(13(12)2)18(23(3,20)21)11-16(19)17-10-14-7-5-9-22-14/h4,6,8,14H,5,7,9-11H2,1-3H3,(H,17,19)/t14-/m0/s1. The van der Waals surface area contributed by atoms with E-state index in [9.17, 15) is 13.2 Å². The Kier molecular flexibility index (Phi) is 5.64. The number of benzene rings is 1. The van der Waals surface area contributed by atoms with Gasteiger partial charge in [0.25, 0.3) is 0 Å². The lowest BCUT2D eigenvalue weighted by molar-refractivity contribution is -0.120. The van der Waals surface area contributed by atoms with Crippen LogP contribution in [-0.2, 0) is 19.6 Å². The van der Waals surface area contributed by atoms with Crippen LogP contribution in [0.5, 0.6) is 0 Å². The van der Waals surface area contributed by atoms with Crippen molar-refractivity contribution in [2.75, 3.05) is 30.3 Å². The molecule has 0 aliphatic carbocycles. The van der Waals surface area contributed by atoms with E-state index in [2.05, 4.69) is 5.32 Å². The van der Waals surface area contributed by atoms with Gasteiger partial charge in [0.1, 0.15) is 6.54 Å². The smallest absolute Gasteiger partial charge is 0.240 e. The van der Waals surface area contributed by atoms with Gasteiger partial charge < -0.3 is 10.1 Å². The highest BCUT2D eigenvalue weighted by molar-refractivity contribution is 7.92. The van der Waals surface area contributed by atoms with Crippen molar-refractivity contribution < 1.29 is 17.9 Å². The number of carbonyl (C=O) groups excluding carboxylic acids is 1. The summed E-state index contributed by atoms with van der Waals surface area (Å²) in [5.41, 5.74) is 2.38. The van der Waals surface area contributed by atoms with Gasteiger partial charge in [-0.05, 0) is 43.9 Å². The molecule has 1 atom stereocenters. The Labute approximate surface area is 137 Å². The highest BCUT2D eigenvalue weighted by atomic mass is 32.2. The SMILES string of the molecule is Cc1cccc(N(CC(=O)NC[C@@H]2CCCO2)S(C)(=O)=O)c1C. The minimum absolute atomic E-state index is 0.0336. The molecule has 1 aromatic rings. The average molecular weight is 340 g/mol. The number of nitrogens with zero attached hydrogens (tertiary/aromatic N) is 1. The number of nitrogens with one attached hydrogen (secondary N) is 1. The number of rotatable bonds is 6. The first-order valence-corrected chi connectivity index (χ1v) is 9.56. The second kappa shape index (κ2) is 7.31. The molecule has 1 heterocycles. The van der Waals surface area contributed by atoms with Crippen LogP contribution in [0.25, 0.3) is 0 Å². The van der Waals surface area contributed by atoms with Crippen molar-refractivity contribution in [3.8, 4) is 0 Å². The van der Waals surface area contributed by atoms with Gasteiger partial charge >= 0.3 is 0 Å². The zero-order valence-corrected chi connectivity index (χ0v) is 14.6. The number of carbonyl (C=O) groups is 1. The molecular formula is C16H24N2O4S. The fourth-order valence-corrected chi connectivity index (χ4v) is 3.51. The molecule has 1 saturated heterocycles. The van der Waals surface area contributed by atoms with E-state index in [1.54, 1.807) is 12.1 Å². The molecule has 2 rings (SSSR count). The van der Waals surface area contributed by atoms with E-state index in [-0.39, 0.29) is 18.6 Å². The van der Waals surface area contributed by atoms with Gasteiger partial charge in [-0.2, -0.15) is 0 Å². The summed E-state index contributed by atoms with van der Waals surface area (Å²) < 4.78 is 30.8. The first-order chi connectivity index (χ1) is 10.8. The number of anilines is 1. The quantitative estimate of drug-likeness (QED) is 0.848. The maximum absolute atomic E-state index is 12.2. The average Bonchev–Trinajstić information content (AvgIpc) is 2.98. The molecule has 6 nitrogen and oxygen atoms in total. The van der Waals surface area contributed by atoms with E-state index in [1.165, 1.54) is 0 Å². The third kappa shape index (κ3) is 4.68. The Hall–Kier alpha value is -1.60. The normalized spacial score (nSPS) is 18.0. The number of hydrogen-bond donors (Lipinski definition) is 1. The molecular weight excluding hydrogens is 316 g/mol. The largest absolute Gasteiger partial charge is 0.376 e. The molecule has 0 radical (unpaired) electrons. The van der Waals surface area contributed by atoms with Crippen molar-refractivity contribution in [3.05, 3.63) is 29.3 Å². The van der Waals surface area contributed by atoms with Crippen LogP contribution in [0.2, 0.25) is 0 Å². The lowest BCUT2D eigenvalue weighted by atomic mass is 10.1. The Morgan fingerprint density at radius 3 is 2.74 bits per heavy atom. The summed E-state index contributed by atoms with van der Waals surface area (Å²) in [6.07, 6.45) is 3.07. The fraction of sp³-hybridized carbons (Fsp3) is 0.562. The van der Waals surface area contributed by atoms with Gasteiger partial charge in [-0.25, -0.2) is 8.42 Å².